The summed E-state index contributed by atoms with van der Waals surface area (Å²) in [6.45, 7) is 0. The number of nitrogens with one attached hydrogen (secondary N) is 1. The standard InChI is InChI=1S/C10H11ClN6/c11-7-5-13-10(15-12)14-9(7)17-4-3-8(16-17)6-1-2-6/h3-6H,1-2,12H2,(H,13,14,15). The molecule has 1 fully saturated rings. The van der Waals surface area contributed by atoms with Crippen molar-refractivity contribution in [3.63, 3.8) is 0 Å². The molecule has 0 unspecified atom stereocenters. The highest BCUT2D eigenvalue weighted by atomic mass is 35.5. The summed E-state index contributed by atoms with van der Waals surface area (Å²) in [5.74, 6) is 6.71. The third-order valence-electron chi connectivity index (χ3n) is 2.68. The van der Waals surface area contributed by atoms with Gasteiger partial charge in [-0.1, -0.05) is 11.6 Å². The van der Waals surface area contributed by atoms with E-state index in [-0.39, 0.29) is 0 Å². The van der Waals surface area contributed by atoms with Gasteiger partial charge in [0.05, 0.1) is 11.9 Å². The SMILES string of the molecule is NNc1ncc(Cl)c(-n2ccc(C3CC3)n2)n1. The lowest BCUT2D eigenvalue weighted by molar-refractivity contribution is 0.808. The van der Waals surface area contributed by atoms with Crippen molar-refractivity contribution in [2.75, 3.05) is 5.43 Å². The lowest BCUT2D eigenvalue weighted by Crippen LogP contribution is -2.12. The van der Waals surface area contributed by atoms with Crippen LogP contribution in [0.15, 0.2) is 18.5 Å². The summed E-state index contributed by atoms with van der Waals surface area (Å²) < 4.78 is 1.65. The summed E-state index contributed by atoms with van der Waals surface area (Å²) >= 11 is 6.04. The average molecular weight is 251 g/mol. The van der Waals surface area contributed by atoms with Crippen LogP contribution < -0.4 is 11.3 Å². The third kappa shape index (κ3) is 1.96. The maximum Gasteiger partial charge on any atom is 0.239 e. The molecule has 7 heteroatoms. The largest absolute Gasteiger partial charge is 0.292 e. The van der Waals surface area contributed by atoms with Crippen LogP contribution in [0.5, 0.6) is 0 Å². The molecule has 1 saturated carbocycles. The first-order chi connectivity index (χ1) is 8.28. The molecule has 88 valence electrons. The van der Waals surface area contributed by atoms with Crippen LogP contribution in [0.2, 0.25) is 5.02 Å². The second-order valence-corrected chi connectivity index (χ2v) is 4.38. The van der Waals surface area contributed by atoms with E-state index >= 15 is 0 Å². The van der Waals surface area contributed by atoms with E-state index in [2.05, 4.69) is 20.5 Å². The van der Waals surface area contributed by atoms with Crippen molar-refractivity contribution >= 4 is 17.5 Å². The van der Waals surface area contributed by atoms with E-state index in [0.29, 0.717) is 22.7 Å². The first-order valence-corrected chi connectivity index (χ1v) is 5.71. The highest BCUT2D eigenvalue weighted by Crippen LogP contribution is 2.39. The van der Waals surface area contributed by atoms with Gasteiger partial charge >= 0.3 is 0 Å². The van der Waals surface area contributed by atoms with Crippen molar-refractivity contribution in [1.29, 1.82) is 0 Å². The van der Waals surface area contributed by atoms with Crippen molar-refractivity contribution in [2.45, 2.75) is 18.8 Å². The first kappa shape index (κ1) is 10.5. The molecule has 0 radical (unpaired) electrons. The molecule has 2 aromatic heterocycles. The van der Waals surface area contributed by atoms with Crippen LogP contribution in [0.1, 0.15) is 24.5 Å². The Morgan fingerprint density at radius 1 is 1.47 bits per heavy atom. The molecular weight excluding hydrogens is 240 g/mol. The van der Waals surface area contributed by atoms with Crippen molar-refractivity contribution in [3.8, 4) is 5.82 Å². The van der Waals surface area contributed by atoms with Gasteiger partial charge in [-0.05, 0) is 18.9 Å². The topological polar surface area (TPSA) is 81.6 Å². The Morgan fingerprint density at radius 3 is 3.00 bits per heavy atom. The predicted molar refractivity (Wildman–Crippen MR) is 63.9 cm³/mol. The monoisotopic (exact) mass is 250 g/mol. The first-order valence-electron chi connectivity index (χ1n) is 5.33. The summed E-state index contributed by atoms with van der Waals surface area (Å²) in [5.41, 5.74) is 3.47. The van der Waals surface area contributed by atoms with Gasteiger partial charge in [-0.2, -0.15) is 10.1 Å². The number of halogens is 1. The molecule has 1 aliphatic rings. The van der Waals surface area contributed by atoms with Gasteiger partial charge in [-0.25, -0.2) is 15.5 Å². The number of hydrogen-bond acceptors (Lipinski definition) is 5. The quantitative estimate of drug-likeness (QED) is 0.637. The molecule has 2 aromatic rings. The van der Waals surface area contributed by atoms with Gasteiger partial charge in [0.2, 0.25) is 5.95 Å². The van der Waals surface area contributed by atoms with Gasteiger partial charge in [0, 0.05) is 12.1 Å². The molecule has 0 atom stereocenters. The third-order valence-corrected chi connectivity index (χ3v) is 2.94. The van der Waals surface area contributed by atoms with E-state index < -0.39 is 0 Å². The van der Waals surface area contributed by atoms with Crippen LogP contribution in [-0.2, 0) is 0 Å². The molecule has 0 aromatic carbocycles. The molecule has 0 spiro atoms. The van der Waals surface area contributed by atoms with Crippen molar-refractivity contribution in [2.24, 2.45) is 5.84 Å². The van der Waals surface area contributed by atoms with Crippen LogP contribution in [-0.4, -0.2) is 19.7 Å². The smallest absolute Gasteiger partial charge is 0.239 e. The number of hydrogen-bond donors (Lipinski definition) is 2. The van der Waals surface area contributed by atoms with Gasteiger partial charge in [-0.3, -0.25) is 5.43 Å². The maximum atomic E-state index is 6.04. The molecule has 0 saturated heterocycles. The molecule has 17 heavy (non-hydrogen) atoms. The minimum atomic E-state index is 0.313. The second kappa shape index (κ2) is 3.97. The number of anilines is 1. The summed E-state index contributed by atoms with van der Waals surface area (Å²) in [4.78, 5) is 8.09. The molecule has 6 nitrogen and oxygen atoms in total. The van der Waals surface area contributed by atoms with Crippen LogP contribution in [0, 0.1) is 0 Å². The summed E-state index contributed by atoms with van der Waals surface area (Å²) in [7, 11) is 0. The summed E-state index contributed by atoms with van der Waals surface area (Å²) in [5, 5.41) is 4.89. The van der Waals surface area contributed by atoms with E-state index in [9.17, 15) is 0 Å². The fraction of sp³-hybridized carbons (Fsp3) is 0.300. The second-order valence-electron chi connectivity index (χ2n) is 3.97. The molecule has 1 aliphatic carbocycles. The van der Waals surface area contributed by atoms with Crippen LogP contribution in [0.3, 0.4) is 0 Å². The molecule has 2 heterocycles. The molecule has 3 rings (SSSR count). The van der Waals surface area contributed by atoms with E-state index in [1.165, 1.54) is 19.0 Å². The molecule has 0 bridgehead atoms. The minimum Gasteiger partial charge on any atom is -0.292 e. The normalized spacial score (nSPS) is 14.9. The van der Waals surface area contributed by atoms with Crippen molar-refractivity contribution < 1.29 is 0 Å². The van der Waals surface area contributed by atoms with Crippen LogP contribution in [0.4, 0.5) is 5.95 Å². The zero-order chi connectivity index (χ0) is 11.8. The Morgan fingerprint density at radius 2 is 2.29 bits per heavy atom. The Bertz CT molecular complexity index is 547. The maximum absolute atomic E-state index is 6.04. The van der Waals surface area contributed by atoms with Gasteiger partial charge in [0.1, 0.15) is 5.02 Å². The van der Waals surface area contributed by atoms with Crippen LogP contribution in [0.25, 0.3) is 5.82 Å². The number of nitrogen functional groups attached to an aromatic ring is 1. The average Bonchev–Trinajstić information content (AvgIpc) is 3.09. The Kier molecular flexibility index (Phi) is 2.45. The number of nitrogens with two attached hydrogens (primary N) is 1. The fourth-order valence-corrected chi connectivity index (χ4v) is 1.82. The van der Waals surface area contributed by atoms with Gasteiger partial charge < -0.3 is 0 Å². The highest BCUT2D eigenvalue weighted by molar-refractivity contribution is 6.32. The van der Waals surface area contributed by atoms with Crippen molar-refractivity contribution in [3.05, 3.63) is 29.2 Å². The Labute approximate surface area is 103 Å². The highest BCUT2D eigenvalue weighted by Gasteiger charge is 2.26. The number of rotatable bonds is 3. The van der Waals surface area contributed by atoms with Gasteiger partial charge in [-0.15, -0.1) is 0 Å². The predicted octanol–water partition coefficient (Wildman–Crippen LogP) is 1.48. The van der Waals surface area contributed by atoms with Crippen molar-refractivity contribution in [1.82, 2.24) is 19.7 Å². The van der Waals surface area contributed by atoms with E-state index in [1.54, 1.807) is 4.68 Å². The number of hydrazine groups is 1. The zero-order valence-corrected chi connectivity index (χ0v) is 9.72. The van der Waals surface area contributed by atoms with Gasteiger partial charge in [0.15, 0.2) is 5.82 Å². The molecule has 0 aliphatic heterocycles. The number of nitrogens with zero attached hydrogens (tertiary/aromatic N) is 4. The van der Waals surface area contributed by atoms with Gasteiger partial charge in [0.25, 0.3) is 0 Å². The van der Waals surface area contributed by atoms with E-state index in [0.717, 1.165) is 5.69 Å². The summed E-state index contributed by atoms with van der Waals surface area (Å²) in [6.07, 6.45) is 5.77. The zero-order valence-electron chi connectivity index (χ0n) is 8.97. The Hall–Kier alpha value is -1.66. The minimum absolute atomic E-state index is 0.313. The lowest BCUT2D eigenvalue weighted by Gasteiger charge is -2.04. The molecule has 0 amide bonds. The molecule has 3 N–H and O–H groups in total. The Balaban J connectivity index is 2.00. The van der Waals surface area contributed by atoms with E-state index in [1.807, 2.05) is 12.3 Å². The summed E-state index contributed by atoms with van der Waals surface area (Å²) in [6, 6.07) is 1.99. The van der Waals surface area contributed by atoms with E-state index in [4.69, 9.17) is 17.4 Å². The molecular formula is C10H11ClN6. The number of aromatic nitrogens is 4. The van der Waals surface area contributed by atoms with Crippen LogP contribution >= 0.6 is 11.6 Å². The fourth-order valence-electron chi connectivity index (χ4n) is 1.64. The lowest BCUT2D eigenvalue weighted by atomic mass is 10.3.